The number of nitrogens with one attached hydrogen (secondary N) is 2. The second-order valence-electron chi connectivity index (χ2n) is 3.95. The Morgan fingerprint density at radius 3 is 2.80 bits per heavy atom. The van der Waals surface area contributed by atoms with Gasteiger partial charge in [-0.25, -0.2) is 4.79 Å². The number of urea groups is 1. The van der Waals surface area contributed by atoms with Crippen LogP contribution in [0.2, 0.25) is 0 Å². The molecule has 0 saturated heterocycles. The fraction of sp³-hybridized carbons (Fsp3) is 0.385. The average molecular weight is 345 g/mol. The first-order chi connectivity index (χ1) is 9.52. The first kappa shape index (κ1) is 16.3. The van der Waals surface area contributed by atoms with Crippen LogP contribution in [0.15, 0.2) is 22.7 Å². The molecule has 0 spiro atoms. The lowest BCUT2D eigenvalue weighted by Crippen LogP contribution is -2.30. The van der Waals surface area contributed by atoms with Gasteiger partial charge in [-0.15, -0.1) is 0 Å². The third kappa shape index (κ3) is 5.92. The van der Waals surface area contributed by atoms with Crippen LogP contribution in [0, 0.1) is 0 Å². The summed E-state index contributed by atoms with van der Waals surface area (Å²) in [6, 6.07) is 4.92. The number of aliphatic carboxylic acids is 1. The summed E-state index contributed by atoms with van der Waals surface area (Å²) < 4.78 is 6.23. The Kier molecular flexibility index (Phi) is 6.86. The molecule has 110 valence electrons. The van der Waals surface area contributed by atoms with Crippen LogP contribution in [0.1, 0.15) is 19.8 Å². The molecule has 2 amide bonds. The molecule has 0 aliphatic rings. The third-order valence-electron chi connectivity index (χ3n) is 2.34. The smallest absolute Gasteiger partial charge is 0.319 e. The quantitative estimate of drug-likeness (QED) is 0.663. The first-order valence-corrected chi connectivity index (χ1v) is 7.01. The van der Waals surface area contributed by atoms with Gasteiger partial charge in [0.2, 0.25) is 0 Å². The minimum atomic E-state index is -0.877. The molecule has 0 fully saturated rings. The van der Waals surface area contributed by atoms with Gasteiger partial charge in [0.15, 0.2) is 0 Å². The van der Waals surface area contributed by atoms with Crippen molar-refractivity contribution in [3.8, 4) is 5.75 Å². The number of rotatable bonds is 7. The summed E-state index contributed by atoms with van der Waals surface area (Å²) in [7, 11) is 0. The van der Waals surface area contributed by atoms with Crippen molar-refractivity contribution in [2.24, 2.45) is 0 Å². The highest BCUT2D eigenvalue weighted by Gasteiger charge is 2.08. The molecule has 0 aliphatic heterocycles. The number of carbonyl (C=O) groups is 2. The van der Waals surface area contributed by atoms with Gasteiger partial charge in [-0.1, -0.05) is 15.9 Å². The van der Waals surface area contributed by atoms with Gasteiger partial charge in [0, 0.05) is 17.4 Å². The maximum atomic E-state index is 11.7. The highest BCUT2D eigenvalue weighted by Crippen LogP contribution is 2.28. The molecule has 0 saturated carbocycles. The largest absolute Gasteiger partial charge is 0.492 e. The van der Waals surface area contributed by atoms with E-state index in [-0.39, 0.29) is 6.42 Å². The Hall–Kier alpha value is -1.76. The van der Waals surface area contributed by atoms with E-state index in [1.54, 1.807) is 12.1 Å². The van der Waals surface area contributed by atoms with Gasteiger partial charge in [0.25, 0.3) is 0 Å². The van der Waals surface area contributed by atoms with Gasteiger partial charge in [0.05, 0.1) is 12.3 Å². The predicted octanol–water partition coefficient (Wildman–Crippen LogP) is 2.83. The predicted molar refractivity (Wildman–Crippen MR) is 79.2 cm³/mol. The zero-order chi connectivity index (χ0) is 15.0. The molecule has 3 N–H and O–H groups in total. The van der Waals surface area contributed by atoms with Crippen molar-refractivity contribution in [1.29, 1.82) is 0 Å². The number of hydrogen-bond acceptors (Lipinski definition) is 3. The lowest BCUT2D eigenvalue weighted by atomic mass is 10.3. The molecule has 0 heterocycles. The van der Waals surface area contributed by atoms with Crippen LogP contribution in [0.4, 0.5) is 10.5 Å². The van der Waals surface area contributed by atoms with Crippen molar-refractivity contribution >= 4 is 33.6 Å². The molecule has 0 aromatic heterocycles. The molecular weight excluding hydrogens is 328 g/mol. The zero-order valence-electron chi connectivity index (χ0n) is 11.1. The topological polar surface area (TPSA) is 87.7 Å². The Labute approximate surface area is 125 Å². The monoisotopic (exact) mass is 344 g/mol. The van der Waals surface area contributed by atoms with E-state index in [1.807, 2.05) is 13.0 Å². The summed E-state index contributed by atoms with van der Waals surface area (Å²) in [5.74, 6) is -0.297. The highest BCUT2D eigenvalue weighted by atomic mass is 79.9. The zero-order valence-corrected chi connectivity index (χ0v) is 12.7. The number of halogens is 1. The molecule has 0 atom stereocenters. The number of anilines is 1. The summed E-state index contributed by atoms with van der Waals surface area (Å²) in [6.07, 6.45) is 0.418. The number of amides is 2. The van der Waals surface area contributed by atoms with E-state index in [0.29, 0.717) is 31.0 Å². The Bertz CT molecular complexity index is 479. The van der Waals surface area contributed by atoms with E-state index >= 15 is 0 Å². The lowest BCUT2D eigenvalue weighted by Gasteiger charge is -2.12. The Morgan fingerprint density at radius 2 is 2.15 bits per heavy atom. The van der Waals surface area contributed by atoms with Gasteiger partial charge in [-0.05, 0) is 31.5 Å². The lowest BCUT2D eigenvalue weighted by molar-refractivity contribution is -0.137. The molecule has 0 bridgehead atoms. The van der Waals surface area contributed by atoms with Crippen molar-refractivity contribution in [3.63, 3.8) is 0 Å². The maximum absolute atomic E-state index is 11.7. The van der Waals surface area contributed by atoms with Gasteiger partial charge < -0.3 is 20.5 Å². The molecule has 6 nitrogen and oxygen atoms in total. The average Bonchev–Trinajstić information content (AvgIpc) is 2.38. The SMILES string of the molecule is CCOc1ccc(Br)cc1NC(=O)NCCCC(=O)O. The summed E-state index contributed by atoms with van der Waals surface area (Å²) in [5, 5.41) is 13.8. The number of ether oxygens (including phenoxy) is 1. The molecule has 1 aromatic rings. The number of hydrogen-bond donors (Lipinski definition) is 3. The van der Waals surface area contributed by atoms with Crippen molar-refractivity contribution in [3.05, 3.63) is 22.7 Å². The fourth-order valence-corrected chi connectivity index (χ4v) is 1.85. The molecule has 7 heteroatoms. The summed E-state index contributed by atoms with van der Waals surface area (Å²) >= 11 is 3.32. The summed E-state index contributed by atoms with van der Waals surface area (Å²) in [6.45, 7) is 2.66. The van der Waals surface area contributed by atoms with Crippen LogP contribution in [0.3, 0.4) is 0 Å². The normalized spacial score (nSPS) is 9.90. The van der Waals surface area contributed by atoms with Gasteiger partial charge >= 0.3 is 12.0 Å². The Morgan fingerprint density at radius 1 is 1.40 bits per heavy atom. The van der Waals surface area contributed by atoms with E-state index in [2.05, 4.69) is 26.6 Å². The van der Waals surface area contributed by atoms with Gasteiger partial charge in [-0.3, -0.25) is 4.79 Å². The van der Waals surface area contributed by atoms with Crippen LogP contribution in [0.5, 0.6) is 5.75 Å². The Balaban J connectivity index is 2.52. The fourth-order valence-electron chi connectivity index (χ4n) is 1.49. The second kappa shape index (κ2) is 8.42. The van der Waals surface area contributed by atoms with Crippen molar-refractivity contribution in [1.82, 2.24) is 5.32 Å². The van der Waals surface area contributed by atoms with Crippen LogP contribution < -0.4 is 15.4 Å². The molecule has 0 unspecified atom stereocenters. The second-order valence-corrected chi connectivity index (χ2v) is 4.87. The maximum Gasteiger partial charge on any atom is 0.319 e. The molecule has 0 radical (unpaired) electrons. The van der Waals surface area contributed by atoms with Crippen molar-refractivity contribution < 1.29 is 19.4 Å². The van der Waals surface area contributed by atoms with Crippen LogP contribution in [-0.2, 0) is 4.79 Å². The first-order valence-electron chi connectivity index (χ1n) is 6.22. The molecule has 1 rings (SSSR count). The van der Waals surface area contributed by atoms with E-state index in [0.717, 1.165) is 4.47 Å². The van der Waals surface area contributed by atoms with E-state index in [9.17, 15) is 9.59 Å². The molecule has 1 aromatic carbocycles. The third-order valence-corrected chi connectivity index (χ3v) is 2.84. The number of carboxylic acids is 1. The minimum Gasteiger partial charge on any atom is -0.492 e. The van der Waals surface area contributed by atoms with Crippen molar-refractivity contribution in [2.75, 3.05) is 18.5 Å². The number of benzene rings is 1. The number of carboxylic acid groups (broad SMARTS) is 1. The summed E-state index contributed by atoms with van der Waals surface area (Å²) in [5.41, 5.74) is 0.553. The minimum absolute atomic E-state index is 0.0291. The van der Waals surface area contributed by atoms with Crippen molar-refractivity contribution in [2.45, 2.75) is 19.8 Å². The summed E-state index contributed by atoms with van der Waals surface area (Å²) in [4.78, 5) is 22.0. The number of carbonyl (C=O) groups excluding carboxylic acids is 1. The van der Waals surface area contributed by atoms with Crippen LogP contribution in [0.25, 0.3) is 0 Å². The van der Waals surface area contributed by atoms with Gasteiger partial charge in [-0.2, -0.15) is 0 Å². The standard InChI is InChI=1S/C13H17BrN2O4/c1-2-20-11-6-5-9(14)8-10(11)16-13(19)15-7-3-4-12(17)18/h5-6,8H,2-4,7H2,1H3,(H,17,18)(H2,15,16,19). The highest BCUT2D eigenvalue weighted by molar-refractivity contribution is 9.10. The molecule has 20 heavy (non-hydrogen) atoms. The van der Waals surface area contributed by atoms with E-state index < -0.39 is 12.0 Å². The van der Waals surface area contributed by atoms with E-state index in [4.69, 9.17) is 9.84 Å². The molecule has 0 aliphatic carbocycles. The van der Waals surface area contributed by atoms with E-state index in [1.165, 1.54) is 0 Å². The molecular formula is C13H17BrN2O4. The van der Waals surface area contributed by atoms with Crippen LogP contribution in [-0.4, -0.2) is 30.3 Å². The van der Waals surface area contributed by atoms with Gasteiger partial charge in [0.1, 0.15) is 5.75 Å². The van der Waals surface area contributed by atoms with Crippen LogP contribution >= 0.6 is 15.9 Å².